The second-order valence-corrected chi connectivity index (χ2v) is 11.4. The van der Waals surface area contributed by atoms with Gasteiger partial charge in [0, 0.05) is 5.56 Å². The zero-order valence-corrected chi connectivity index (χ0v) is 22.0. The van der Waals surface area contributed by atoms with E-state index in [1.807, 2.05) is 23.9 Å². The first kappa shape index (κ1) is 27.8. The minimum atomic E-state index is -6.00. The molecule has 1 aliphatic heterocycles. The molecular formula is C28H22BF5O2S2. The summed E-state index contributed by atoms with van der Waals surface area (Å²) in [5.41, 5.74) is 1.94. The maximum absolute atomic E-state index is 15.0. The Kier molecular flexibility index (Phi) is 8.52. The topological polar surface area (TPSA) is 26.3 Å². The fourth-order valence-electron chi connectivity index (χ4n) is 4.02. The van der Waals surface area contributed by atoms with Crippen molar-refractivity contribution in [2.45, 2.75) is 37.3 Å². The summed E-state index contributed by atoms with van der Waals surface area (Å²) in [4.78, 5) is 18.2. The summed E-state index contributed by atoms with van der Waals surface area (Å²) < 4.78 is 58.7. The van der Waals surface area contributed by atoms with Gasteiger partial charge in [0.25, 0.3) is 0 Å². The van der Waals surface area contributed by atoms with Gasteiger partial charge in [0.15, 0.2) is 14.7 Å². The van der Waals surface area contributed by atoms with Gasteiger partial charge in [-0.05, 0) is 72.6 Å². The van der Waals surface area contributed by atoms with Crippen LogP contribution in [0.1, 0.15) is 18.4 Å². The summed E-state index contributed by atoms with van der Waals surface area (Å²) in [5.74, 6) is -1.23. The molecule has 0 amide bonds. The van der Waals surface area contributed by atoms with Crippen LogP contribution in [0.4, 0.5) is 21.7 Å². The third-order valence-corrected chi connectivity index (χ3v) is 9.55. The summed E-state index contributed by atoms with van der Waals surface area (Å²) in [6.45, 7) is 1.72. The highest BCUT2D eigenvalue weighted by atomic mass is 32.2. The lowest BCUT2D eigenvalue weighted by molar-refractivity contribution is -0.142. The Hall–Kier alpha value is -3.24. The Morgan fingerprint density at radius 1 is 0.842 bits per heavy atom. The molecule has 10 heteroatoms. The molecule has 196 valence electrons. The lowest BCUT2D eigenvalue weighted by atomic mass is 9.97. The lowest BCUT2D eigenvalue weighted by Gasteiger charge is -2.19. The quantitative estimate of drug-likeness (QED) is 0.0953. The number of benzene rings is 4. The van der Waals surface area contributed by atoms with E-state index in [1.165, 1.54) is 37.7 Å². The first-order valence-corrected chi connectivity index (χ1v) is 13.6. The van der Waals surface area contributed by atoms with Crippen molar-refractivity contribution in [3.63, 3.8) is 0 Å². The number of fused-ring (bicyclic) bond motifs is 2. The van der Waals surface area contributed by atoms with E-state index < -0.39 is 13.2 Å². The van der Waals surface area contributed by atoms with Gasteiger partial charge in [-0.15, -0.1) is 0 Å². The van der Waals surface area contributed by atoms with Crippen LogP contribution in [-0.4, -0.2) is 20.3 Å². The van der Waals surface area contributed by atoms with E-state index >= 15 is 0 Å². The zero-order chi connectivity index (χ0) is 27.4. The molecule has 1 aliphatic rings. The van der Waals surface area contributed by atoms with Crippen LogP contribution in [0.25, 0.3) is 11.1 Å². The molecular weight excluding hydrogens is 538 g/mol. The maximum atomic E-state index is 15.0. The molecule has 1 atom stereocenters. The molecule has 1 unspecified atom stereocenters. The van der Waals surface area contributed by atoms with Crippen LogP contribution in [0.2, 0.25) is 0 Å². The summed E-state index contributed by atoms with van der Waals surface area (Å²) in [7, 11) is -4.87. The molecule has 0 saturated carbocycles. The molecule has 5 rings (SSSR count). The predicted octanol–water partition coefficient (Wildman–Crippen LogP) is 8.63. The number of carbonyl (C=O) groups excluding carboxylic acids is 1. The van der Waals surface area contributed by atoms with Crippen LogP contribution in [-0.2, 0) is 20.4 Å². The van der Waals surface area contributed by atoms with Crippen molar-refractivity contribution in [1.29, 1.82) is 0 Å². The molecule has 0 aromatic heterocycles. The van der Waals surface area contributed by atoms with Crippen molar-refractivity contribution in [2.75, 3.05) is 7.11 Å². The molecule has 2 nitrogen and oxygen atoms in total. The summed E-state index contributed by atoms with van der Waals surface area (Å²) in [5, 5.41) is 0. The van der Waals surface area contributed by atoms with Gasteiger partial charge < -0.3 is 22.0 Å². The Balaban J connectivity index is 0.000000617. The highest BCUT2D eigenvalue weighted by molar-refractivity contribution is 8.04. The van der Waals surface area contributed by atoms with Crippen LogP contribution in [0.3, 0.4) is 0 Å². The Morgan fingerprint density at radius 2 is 1.37 bits per heavy atom. The molecule has 0 bridgehead atoms. The normalized spacial score (nSPS) is 13.4. The van der Waals surface area contributed by atoms with Gasteiger partial charge in [-0.1, -0.05) is 48.2 Å². The molecule has 0 fully saturated rings. The molecule has 38 heavy (non-hydrogen) atoms. The van der Waals surface area contributed by atoms with Crippen LogP contribution in [0.5, 0.6) is 0 Å². The van der Waals surface area contributed by atoms with Gasteiger partial charge >= 0.3 is 13.2 Å². The van der Waals surface area contributed by atoms with E-state index in [2.05, 4.69) is 60.7 Å². The molecule has 4 aromatic carbocycles. The van der Waals surface area contributed by atoms with Crippen molar-refractivity contribution in [2.24, 2.45) is 0 Å². The second-order valence-electron chi connectivity index (χ2n) is 8.31. The largest absolute Gasteiger partial charge is 0.673 e. The van der Waals surface area contributed by atoms with Crippen molar-refractivity contribution in [3.05, 3.63) is 102 Å². The van der Waals surface area contributed by atoms with Crippen LogP contribution >= 0.6 is 11.8 Å². The number of halogens is 5. The third kappa shape index (κ3) is 6.42. The number of hydrogen-bond acceptors (Lipinski definition) is 3. The van der Waals surface area contributed by atoms with Gasteiger partial charge in [0.1, 0.15) is 16.7 Å². The third-order valence-electron chi connectivity index (χ3n) is 5.81. The average Bonchev–Trinajstić information content (AvgIpc) is 2.90. The number of rotatable bonds is 4. The molecule has 0 saturated heterocycles. The average molecular weight is 560 g/mol. The van der Waals surface area contributed by atoms with E-state index in [4.69, 9.17) is 4.74 Å². The number of carbonyl (C=O) groups is 1. The van der Waals surface area contributed by atoms with Gasteiger partial charge in [-0.2, -0.15) is 0 Å². The number of esters is 1. The fourth-order valence-corrected chi connectivity index (χ4v) is 7.75. The summed E-state index contributed by atoms with van der Waals surface area (Å²) >= 11 is 1.81. The molecule has 1 heterocycles. The standard InChI is InChI=1S/C28H22FO2S2.BF4/c1-18(28(30)31-2)20-13-16-22(23(29)17-20)19-11-14-21(15-12-19)33-26-9-5-3-7-24(26)32-25-8-4-6-10-27(25)33;2-1(3,4)5/h3-18H,1-2H3;/q+1;-1. The van der Waals surface area contributed by atoms with Crippen LogP contribution in [0.15, 0.2) is 115 Å². The van der Waals surface area contributed by atoms with Crippen molar-refractivity contribution in [3.8, 4) is 11.1 Å². The Bertz CT molecular complexity index is 1390. The molecule has 0 radical (unpaired) electrons. The predicted molar refractivity (Wildman–Crippen MR) is 142 cm³/mol. The zero-order valence-electron chi connectivity index (χ0n) is 20.3. The van der Waals surface area contributed by atoms with E-state index in [1.54, 1.807) is 19.1 Å². The molecule has 0 aliphatic carbocycles. The Morgan fingerprint density at radius 3 is 1.87 bits per heavy atom. The number of ether oxygens (including phenoxy) is 1. The SMILES string of the molecule is COC(=O)C(C)c1ccc(-c2ccc([S+]3c4ccccc4Sc4ccccc43)cc2)c(F)c1.F[B-](F)(F)F. The van der Waals surface area contributed by atoms with Crippen molar-refractivity contribution in [1.82, 2.24) is 0 Å². The van der Waals surface area contributed by atoms with Gasteiger partial charge in [0.2, 0.25) is 0 Å². The van der Waals surface area contributed by atoms with Crippen molar-refractivity contribution >= 4 is 35.9 Å². The van der Waals surface area contributed by atoms with Crippen molar-refractivity contribution < 1.29 is 31.2 Å². The van der Waals surface area contributed by atoms with Gasteiger partial charge in [-0.25, -0.2) is 4.39 Å². The first-order chi connectivity index (χ1) is 18.1. The van der Waals surface area contributed by atoms with Gasteiger partial charge in [-0.3, -0.25) is 4.79 Å². The fraction of sp³-hybridized carbons (Fsp3) is 0.107. The van der Waals surface area contributed by atoms with E-state index in [0.29, 0.717) is 11.1 Å². The smallest absolute Gasteiger partial charge is 0.469 e. The van der Waals surface area contributed by atoms with Crippen LogP contribution < -0.4 is 0 Å². The summed E-state index contributed by atoms with van der Waals surface area (Å²) in [6.07, 6.45) is 0. The Labute approximate surface area is 224 Å². The first-order valence-electron chi connectivity index (χ1n) is 11.5. The molecule has 4 aromatic rings. The van der Waals surface area contributed by atoms with E-state index in [-0.39, 0.29) is 22.7 Å². The highest BCUT2D eigenvalue weighted by Crippen LogP contribution is 2.48. The second kappa shape index (κ2) is 11.7. The summed E-state index contributed by atoms with van der Waals surface area (Å²) in [6, 6.07) is 30.2. The lowest BCUT2D eigenvalue weighted by Crippen LogP contribution is -2.11. The highest BCUT2D eigenvalue weighted by Gasteiger charge is 2.37. The maximum Gasteiger partial charge on any atom is 0.673 e. The van der Waals surface area contributed by atoms with E-state index in [0.717, 1.165) is 5.56 Å². The molecule has 0 N–H and O–H groups in total. The monoisotopic (exact) mass is 560 g/mol. The molecule has 0 spiro atoms. The number of methoxy groups -OCH3 is 1. The number of hydrogen-bond donors (Lipinski definition) is 0. The minimum absolute atomic E-state index is 0.210. The van der Waals surface area contributed by atoms with Crippen LogP contribution in [0, 0.1) is 5.82 Å². The minimum Gasteiger partial charge on any atom is -0.469 e. The van der Waals surface area contributed by atoms with E-state index in [9.17, 15) is 26.4 Å². The van der Waals surface area contributed by atoms with Gasteiger partial charge in [0.05, 0.1) is 22.8 Å².